The lowest BCUT2D eigenvalue weighted by molar-refractivity contribution is -0.139. The molecular formula is C19H21FN2O2. The van der Waals surface area contributed by atoms with Gasteiger partial charge in [0.2, 0.25) is 5.91 Å². The zero-order valence-electron chi connectivity index (χ0n) is 13.4. The van der Waals surface area contributed by atoms with Crippen LogP contribution in [0.4, 0.5) is 4.39 Å². The molecule has 0 bridgehead atoms. The first-order valence-corrected chi connectivity index (χ1v) is 8.09. The quantitative estimate of drug-likeness (QED) is 0.939. The highest BCUT2D eigenvalue weighted by atomic mass is 19.1. The van der Waals surface area contributed by atoms with E-state index in [0.717, 1.165) is 11.1 Å². The van der Waals surface area contributed by atoms with Crippen molar-refractivity contribution in [3.63, 3.8) is 0 Å². The van der Waals surface area contributed by atoms with Crippen LogP contribution in [0.2, 0.25) is 0 Å². The van der Waals surface area contributed by atoms with Crippen LogP contribution in [0.25, 0.3) is 0 Å². The van der Waals surface area contributed by atoms with Crippen LogP contribution in [0.3, 0.4) is 0 Å². The molecule has 2 unspecified atom stereocenters. The maximum atomic E-state index is 13.4. The number of rotatable bonds is 4. The highest BCUT2D eigenvalue weighted by Gasteiger charge is 2.26. The first kappa shape index (κ1) is 16.6. The largest absolute Gasteiger partial charge is 0.370 e. The second-order valence-corrected chi connectivity index (χ2v) is 5.98. The fraction of sp³-hybridized carbons (Fsp3) is 0.316. The molecule has 1 aliphatic heterocycles. The Kier molecular flexibility index (Phi) is 5.23. The van der Waals surface area contributed by atoms with Crippen molar-refractivity contribution in [1.82, 2.24) is 4.90 Å². The Morgan fingerprint density at radius 3 is 2.79 bits per heavy atom. The summed E-state index contributed by atoms with van der Waals surface area (Å²) >= 11 is 0. The number of carbonyl (C=O) groups excluding carboxylic acids is 1. The van der Waals surface area contributed by atoms with Crippen LogP contribution in [0.1, 0.15) is 29.7 Å². The van der Waals surface area contributed by atoms with Gasteiger partial charge in [0, 0.05) is 19.0 Å². The molecule has 2 aromatic carbocycles. The van der Waals surface area contributed by atoms with E-state index in [0.29, 0.717) is 19.7 Å². The highest BCUT2D eigenvalue weighted by Crippen LogP contribution is 2.24. The van der Waals surface area contributed by atoms with Gasteiger partial charge in [0.1, 0.15) is 11.9 Å². The lowest BCUT2D eigenvalue weighted by Crippen LogP contribution is -2.43. The number of hydrogen-bond acceptors (Lipinski definition) is 3. The Morgan fingerprint density at radius 2 is 2.04 bits per heavy atom. The summed E-state index contributed by atoms with van der Waals surface area (Å²) in [5.74, 6) is -0.304. The van der Waals surface area contributed by atoms with Gasteiger partial charge in [0.25, 0.3) is 0 Å². The molecule has 0 saturated carbocycles. The van der Waals surface area contributed by atoms with E-state index in [2.05, 4.69) is 0 Å². The van der Waals surface area contributed by atoms with Crippen LogP contribution >= 0.6 is 0 Å². The van der Waals surface area contributed by atoms with Crippen LogP contribution in [-0.2, 0) is 9.53 Å². The molecule has 1 amide bonds. The van der Waals surface area contributed by atoms with Crippen LogP contribution in [0.15, 0.2) is 54.6 Å². The van der Waals surface area contributed by atoms with Gasteiger partial charge < -0.3 is 15.4 Å². The number of carbonyl (C=O) groups is 1. The van der Waals surface area contributed by atoms with Crippen molar-refractivity contribution in [2.24, 2.45) is 5.73 Å². The third kappa shape index (κ3) is 3.99. The van der Waals surface area contributed by atoms with Crippen molar-refractivity contribution >= 4 is 5.91 Å². The van der Waals surface area contributed by atoms with E-state index in [-0.39, 0.29) is 30.3 Å². The Bertz CT molecular complexity index is 693. The average Bonchev–Trinajstić information content (AvgIpc) is 2.62. The molecule has 0 aliphatic carbocycles. The van der Waals surface area contributed by atoms with Gasteiger partial charge in [-0.2, -0.15) is 0 Å². The predicted octanol–water partition coefficient (Wildman–Crippen LogP) is 2.82. The fourth-order valence-electron chi connectivity index (χ4n) is 2.92. The van der Waals surface area contributed by atoms with Crippen LogP contribution in [-0.4, -0.2) is 30.5 Å². The summed E-state index contributed by atoms with van der Waals surface area (Å²) in [4.78, 5) is 14.3. The maximum Gasteiger partial charge on any atom is 0.224 e. The monoisotopic (exact) mass is 328 g/mol. The SMILES string of the molecule is NC(CC(=O)N1CCOC(c2cccc(F)c2)C1)c1ccccc1. The van der Waals surface area contributed by atoms with E-state index < -0.39 is 0 Å². The number of ether oxygens (including phenoxy) is 1. The lowest BCUT2D eigenvalue weighted by atomic mass is 10.0. The molecule has 1 saturated heterocycles. The molecule has 1 aliphatic rings. The van der Waals surface area contributed by atoms with Gasteiger partial charge in [-0.15, -0.1) is 0 Å². The standard InChI is InChI=1S/C19H21FN2O2/c20-16-8-4-7-15(11-16)18-13-22(9-10-24-18)19(23)12-17(21)14-5-2-1-3-6-14/h1-8,11,17-18H,9-10,12-13,21H2. The molecule has 0 spiro atoms. The van der Waals surface area contributed by atoms with Crippen molar-refractivity contribution in [3.05, 3.63) is 71.5 Å². The number of amides is 1. The molecule has 0 aromatic heterocycles. The van der Waals surface area contributed by atoms with Gasteiger partial charge in [-0.1, -0.05) is 42.5 Å². The number of morpholine rings is 1. The summed E-state index contributed by atoms with van der Waals surface area (Å²) in [6, 6.07) is 15.6. The van der Waals surface area contributed by atoms with Crippen LogP contribution < -0.4 is 5.73 Å². The molecule has 2 atom stereocenters. The Balaban J connectivity index is 1.63. The third-order valence-corrected chi connectivity index (χ3v) is 4.26. The maximum absolute atomic E-state index is 13.4. The summed E-state index contributed by atoms with van der Waals surface area (Å²) < 4.78 is 19.1. The van der Waals surface area contributed by atoms with E-state index >= 15 is 0 Å². The third-order valence-electron chi connectivity index (χ3n) is 4.26. The second kappa shape index (κ2) is 7.55. The van der Waals surface area contributed by atoms with Crippen molar-refractivity contribution < 1.29 is 13.9 Å². The molecular weight excluding hydrogens is 307 g/mol. The molecule has 24 heavy (non-hydrogen) atoms. The normalized spacial score (nSPS) is 19.1. The number of halogens is 1. The Labute approximate surface area is 141 Å². The highest BCUT2D eigenvalue weighted by molar-refractivity contribution is 5.77. The second-order valence-electron chi connectivity index (χ2n) is 5.98. The molecule has 3 rings (SSSR count). The molecule has 126 valence electrons. The molecule has 0 radical (unpaired) electrons. The summed E-state index contributed by atoms with van der Waals surface area (Å²) in [5, 5.41) is 0. The van der Waals surface area contributed by atoms with Crippen molar-refractivity contribution in [2.45, 2.75) is 18.6 Å². The minimum Gasteiger partial charge on any atom is -0.370 e. The average molecular weight is 328 g/mol. The van der Waals surface area contributed by atoms with Gasteiger partial charge in [-0.05, 0) is 23.3 Å². The number of benzene rings is 2. The molecule has 1 fully saturated rings. The van der Waals surface area contributed by atoms with Gasteiger partial charge in [0.05, 0.1) is 13.2 Å². The van der Waals surface area contributed by atoms with Gasteiger partial charge >= 0.3 is 0 Å². The first-order chi connectivity index (χ1) is 11.6. The minimum absolute atomic E-state index is 0.00365. The molecule has 5 heteroatoms. The van der Waals surface area contributed by atoms with Gasteiger partial charge in [-0.3, -0.25) is 4.79 Å². The smallest absolute Gasteiger partial charge is 0.224 e. The van der Waals surface area contributed by atoms with E-state index in [1.807, 2.05) is 36.4 Å². The topological polar surface area (TPSA) is 55.6 Å². The zero-order valence-corrected chi connectivity index (χ0v) is 13.4. The van der Waals surface area contributed by atoms with Crippen LogP contribution in [0, 0.1) is 5.82 Å². The predicted molar refractivity (Wildman–Crippen MR) is 89.7 cm³/mol. The first-order valence-electron chi connectivity index (χ1n) is 8.09. The molecule has 1 heterocycles. The van der Waals surface area contributed by atoms with Gasteiger partial charge in [-0.25, -0.2) is 4.39 Å². The Morgan fingerprint density at radius 1 is 1.25 bits per heavy atom. The van der Waals surface area contributed by atoms with Gasteiger partial charge in [0.15, 0.2) is 0 Å². The van der Waals surface area contributed by atoms with E-state index in [1.54, 1.807) is 11.0 Å². The number of nitrogens with two attached hydrogens (primary N) is 1. The van der Waals surface area contributed by atoms with Crippen molar-refractivity contribution in [1.29, 1.82) is 0 Å². The van der Waals surface area contributed by atoms with Crippen molar-refractivity contribution in [2.75, 3.05) is 19.7 Å². The zero-order chi connectivity index (χ0) is 16.9. The summed E-state index contributed by atoms with van der Waals surface area (Å²) in [6.07, 6.45) is -0.0498. The molecule has 4 nitrogen and oxygen atoms in total. The summed E-state index contributed by atoms with van der Waals surface area (Å²) in [6.45, 7) is 1.39. The number of hydrogen-bond donors (Lipinski definition) is 1. The van der Waals surface area contributed by atoms with E-state index in [4.69, 9.17) is 10.5 Å². The van der Waals surface area contributed by atoms with Crippen molar-refractivity contribution in [3.8, 4) is 0 Å². The minimum atomic E-state index is -0.325. The summed E-state index contributed by atoms with van der Waals surface area (Å²) in [7, 11) is 0. The van der Waals surface area contributed by atoms with E-state index in [1.165, 1.54) is 12.1 Å². The van der Waals surface area contributed by atoms with Crippen LogP contribution in [0.5, 0.6) is 0 Å². The van der Waals surface area contributed by atoms with E-state index in [9.17, 15) is 9.18 Å². The fourth-order valence-corrected chi connectivity index (χ4v) is 2.92. The lowest BCUT2D eigenvalue weighted by Gasteiger charge is -2.33. The molecule has 2 N–H and O–H groups in total. The Hall–Kier alpha value is -2.24. The molecule has 2 aromatic rings. The summed E-state index contributed by atoms with van der Waals surface area (Å²) in [5.41, 5.74) is 7.83. The number of nitrogens with zero attached hydrogens (tertiary/aromatic N) is 1.